The first kappa shape index (κ1) is 15.3. The number of hydrogen-bond donors (Lipinski definition) is 2. The van der Waals surface area contributed by atoms with Gasteiger partial charge in [0.15, 0.2) is 0 Å². The maximum Gasteiger partial charge on any atom is 0.340 e. The first-order chi connectivity index (χ1) is 9.20. The Hall–Kier alpha value is -1.75. The van der Waals surface area contributed by atoms with E-state index in [0.29, 0.717) is 17.9 Å². The van der Waals surface area contributed by atoms with Crippen molar-refractivity contribution in [2.75, 3.05) is 37.9 Å². The van der Waals surface area contributed by atoms with Crippen LogP contribution in [0, 0.1) is 0 Å². The third-order valence-corrected chi connectivity index (χ3v) is 2.69. The molecule has 0 radical (unpaired) electrons. The lowest BCUT2D eigenvalue weighted by atomic mass is 10.1. The molecule has 3 N–H and O–H groups in total. The van der Waals surface area contributed by atoms with E-state index in [1.54, 1.807) is 26.2 Å². The fourth-order valence-electron chi connectivity index (χ4n) is 1.70. The van der Waals surface area contributed by atoms with Crippen molar-refractivity contribution < 1.29 is 14.3 Å². The molecule has 5 nitrogen and oxygen atoms in total. The lowest BCUT2D eigenvalue weighted by Crippen LogP contribution is -2.11. The minimum Gasteiger partial charge on any atom is -0.462 e. The first-order valence-corrected chi connectivity index (χ1v) is 6.49. The molecule has 0 atom stereocenters. The van der Waals surface area contributed by atoms with Gasteiger partial charge in [0.2, 0.25) is 0 Å². The monoisotopic (exact) mass is 266 g/mol. The number of ether oxygens (including phenoxy) is 2. The molecule has 1 rings (SSSR count). The number of carbonyl (C=O) groups excluding carboxylic acids is 1. The van der Waals surface area contributed by atoms with Gasteiger partial charge in [-0.15, -0.1) is 0 Å². The van der Waals surface area contributed by atoms with E-state index in [4.69, 9.17) is 15.2 Å². The smallest absolute Gasteiger partial charge is 0.340 e. The van der Waals surface area contributed by atoms with Crippen molar-refractivity contribution in [1.82, 2.24) is 0 Å². The summed E-state index contributed by atoms with van der Waals surface area (Å²) in [6.45, 7) is 3.65. The maximum absolute atomic E-state index is 11.7. The third-order valence-electron chi connectivity index (χ3n) is 2.69. The number of nitrogen functional groups attached to an aromatic ring is 1. The summed E-state index contributed by atoms with van der Waals surface area (Å²) in [6.07, 6.45) is 1.97. The molecule has 0 amide bonds. The van der Waals surface area contributed by atoms with Crippen LogP contribution in [0.2, 0.25) is 0 Å². The van der Waals surface area contributed by atoms with Gasteiger partial charge in [0, 0.05) is 20.3 Å². The van der Waals surface area contributed by atoms with Gasteiger partial charge in [-0.2, -0.15) is 0 Å². The van der Waals surface area contributed by atoms with E-state index in [1.165, 1.54) is 0 Å². The number of esters is 1. The second-order valence-electron chi connectivity index (χ2n) is 4.11. The molecular weight excluding hydrogens is 244 g/mol. The first-order valence-electron chi connectivity index (χ1n) is 6.49. The summed E-state index contributed by atoms with van der Waals surface area (Å²) >= 11 is 0. The minimum atomic E-state index is -0.386. The van der Waals surface area contributed by atoms with Crippen LogP contribution in [0.4, 0.5) is 11.4 Å². The highest BCUT2D eigenvalue weighted by atomic mass is 16.5. The Morgan fingerprint density at radius 2 is 2.16 bits per heavy atom. The van der Waals surface area contributed by atoms with Crippen LogP contribution in [0.25, 0.3) is 0 Å². The van der Waals surface area contributed by atoms with Gasteiger partial charge in [-0.3, -0.25) is 0 Å². The SMILES string of the molecule is CCOC(=O)c1cccc(NCCCCOC)c1N. The number of nitrogens with one attached hydrogen (secondary N) is 1. The van der Waals surface area contributed by atoms with Crippen LogP contribution in [-0.4, -0.2) is 32.8 Å². The van der Waals surface area contributed by atoms with Gasteiger partial charge in [-0.1, -0.05) is 6.07 Å². The lowest BCUT2D eigenvalue weighted by Gasteiger charge is -2.12. The fraction of sp³-hybridized carbons (Fsp3) is 0.500. The summed E-state index contributed by atoms with van der Waals surface area (Å²) in [7, 11) is 1.69. The zero-order chi connectivity index (χ0) is 14.1. The highest BCUT2D eigenvalue weighted by molar-refractivity contribution is 5.98. The van der Waals surface area contributed by atoms with E-state index in [-0.39, 0.29) is 5.97 Å². The molecule has 0 aliphatic carbocycles. The van der Waals surface area contributed by atoms with Gasteiger partial charge >= 0.3 is 5.97 Å². The van der Waals surface area contributed by atoms with E-state index in [2.05, 4.69) is 5.32 Å². The number of para-hydroxylation sites is 1. The van der Waals surface area contributed by atoms with Crippen molar-refractivity contribution in [2.24, 2.45) is 0 Å². The summed E-state index contributed by atoms with van der Waals surface area (Å²) in [5, 5.41) is 3.22. The predicted octanol–water partition coefficient (Wildman–Crippen LogP) is 2.28. The van der Waals surface area contributed by atoms with Crippen molar-refractivity contribution in [3.63, 3.8) is 0 Å². The summed E-state index contributed by atoms with van der Waals surface area (Å²) in [4.78, 5) is 11.7. The molecule has 0 heterocycles. The van der Waals surface area contributed by atoms with Crippen LogP contribution in [0.3, 0.4) is 0 Å². The van der Waals surface area contributed by atoms with E-state index in [1.807, 2.05) is 6.07 Å². The molecule has 0 fully saturated rings. The summed E-state index contributed by atoms with van der Waals surface area (Å²) in [6, 6.07) is 5.32. The number of methoxy groups -OCH3 is 1. The molecular formula is C14H22N2O3. The van der Waals surface area contributed by atoms with Gasteiger partial charge in [-0.05, 0) is 31.9 Å². The largest absolute Gasteiger partial charge is 0.462 e. The zero-order valence-electron chi connectivity index (χ0n) is 11.6. The van der Waals surface area contributed by atoms with E-state index in [0.717, 1.165) is 31.7 Å². The third kappa shape index (κ3) is 4.79. The summed E-state index contributed by atoms with van der Waals surface area (Å²) < 4.78 is 9.94. The number of hydrogen-bond acceptors (Lipinski definition) is 5. The van der Waals surface area contributed by atoms with Crippen molar-refractivity contribution >= 4 is 17.3 Å². The molecule has 0 aromatic heterocycles. The Balaban J connectivity index is 2.59. The molecule has 106 valence electrons. The van der Waals surface area contributed by atoms with Gasteiger partial charge in [0.1, 0.15) is 0 Å². The molecule has 0 aliphatic rings. The Morgan fingerprint density at radius 3 is 2.84 bits per heavy atom. The van der Waals surface area contributed by atoms with Crippen LogP contribution in [0.15, 0.2) is 18.2 Å². The Labute approximate surface area is 114 Å². The number of benzene rings is 1. The molecule has 1 aromatic carbocycles. The van der Waals surface area contributed by atoms with Gasteiger partial charge in [0.25, 0.3) is 0 Å². The van der Waals surface area contributed by atoms with E-state index >= 15 is 0 Å². The molecule has 0 saturated carbocycles. The van der Waals surface area contributed by atoms with Crippen molar-refractivity contribution in [2.45, 2.75) is 19.8 Å². The highest BCUT2D eigenvalue weighted by Gasteiger charge is 2.12. The minimum absolute atomic E-state index is 0.340. The standard InChI is InChI=1S/C14H22N2O3/c1-3-19-14(17)11-7-6-8-12(13(11)15)16-9-4-5-10-18-2/h6-8,16H,3-5,9-10,15H2,1-2H3. The normalized spacial score (nSPS) is 10.2. The number of anilines is 2. The van der Waals surface area contributed by atoms with Crippen molar-refractivity contribution in [3.8, 4) is 0 Å². The van der Waals surface area contributed by atoms with Crippen LogP contribution in [-0.2, 0) is 9.47 Å². The number of carbonyl (C=O) groups is 1. The number of nitrogens with two attached hydrogens (primary N) is 1. The van der Waals surface area contributed by atoms with Crippen molar-refractivity contribution in [1.29, 1.82) is 0 Å². The van der Waals surface area contributed by atoms with Crippen LogP contribution in [0.1, 0.15) is 30.1 Å². The summed E-state index contributed by atoms with van der Waals surface area (Å²) in [5.74, 6) is -0.386. The molecule has 0 aliphatic heterocycles. The lowest BCUT2D eigenvalue weighted by molar-refractivity contribution is 0.0527. The zero-order valence-corrected chi connectivity index (χ0v) is 11.6. The molecule has 0 saturated heterocycles. The summed E-state index contributed by atoms with van der Waals surface area (Å²) in [5.41, 5.74) is 7.58. The second kappa shape index (κ2) is 8.37. The number of unbranched alkanes of at least 4 members (excludes halogenated alkanes) is 1. The fourth-order valence-corrected chi connectivity index (χ4v) is 1.70. The van der Waals surface area contributed by atoms with Gasteiger partial charge in [-0.25, -0.2) is 4.79 Å². The Kier molecular flexibility index (Phi) is 6.74. The van der Waals surface area contributed by atoms with E-state index in [9.17, 15) is 4.79 Å². The van der Waals surface area contributed by atoms with Gasteiger partial charge in [0.05, 0.1) is 23.5 Å². The predicted molar refractivity (Wildman–Crippen MR) is 76.4 cm³/mol. The van der Waals surface area contributed by atoms with Crippen LogP contribution < -0.4 is 11.1 Å². The molecule has 1 aromatic rings. The highest BCUT2D eigenvalue weighted by Crippen LogP contribution is 2.23. The Morgan fingerprint density at radius 1 is 1.37 bits per heavy atom. The average Bonchev–Trinajstić information content (AvgIpc) is 2.40. The molecule has 0 unspecified atom stereocenters. The van der Waals surface area contributed by atoms with Crippen LogP contribution in [0.5, 0.6) is 0 Å². The average molecular weight is 266 g/mol. The molecule has 5 heteroatoms. The van der Waals surface area contributed by atoms with Crippen molar-refractivity contribution in [3.05, 3.63) is 23.8 Å². The maximum atomic E-state index is 11.7. The Bertz CT molecular complexity index is 408. The number of rotatable bonds is 8. The topological polar surface area (TPSA) is 73.6 Å². The molecule has 0 bridgehead atoms. The molecule has 19 heavy (non-hydrogen) atoms. The van der Waals surface area contributed by atoms with Gasteiger partial charge < -0.3 is 20.5 Å². The quantitative estimate of drug-likeness (QED) is 0.429. The second-order valence-corrected chi connectivity index (χ2v) is 4.11. The molecule has 0 spiro atoms. The van der Waals surface area contributed by atoms with E-state index < -0.39 is 0 Å². The van der Waals surface area contributed by atoms with Crippen LogP contribution >= 0.6 is 0 Å².